The van der Waals surface area contributed by atoms with E-state index in [1.807, 2.05) is 13.8 Å². The van der Waals surface area contributed by atoms with Crippen molar-refractivity contribution >= 4 is 5.91 Å². The molecule has 0 aliphatic rings. The number of nitrogens with one attached hydrogen (secondary N) is 1. The van der Waals surface area contributed by atoms with E-state index >= 15 is 0 Å². The lowest BCUT2D eigenvalue weighted by Gasteiger charge is -2.08. The summed E-state index contributed by atoms with van der Waals surface area (Å²) < 4.78 is 0. The molecule has 0 aliphatic carbocycles. The maximum absolute atomic E-state index is 11.5. The summed E-state index contributed by atoms with van der Waals surface area (Å²) in [7, 11) is 0. The summed E-state index contributed by atoms with van der Waals surface area (Å²) in [5.41, 5.74) is 2.70. The number of carbonyl (C=O) groups excluding carboxylic acids is 1. The lowest BCUT2D eigenvalue weighted by molar-refractivity contribution is -0.124. The molecular weight excluding hydrogens is 210 g/mol. The number of allylic oxidation sites excluding steroid dienone is 3. The van der Waals surface area contributed by atoms with Crippen molar-refractivity contribution < 1.29 is 4.79 Å². The molecule has 0 fully saturated rings. The van der Waals surface area contributed by atoms with Crippen molar-refractivity contribution in [3.63, 3.8) is 0 Å². The van der Waals surface area contributed by atoms with E-state index in [4.69, 9.17) is 0 Å². The van der Waals surface area contributed by atoms with Gasteiger partial charge in [0.25, 0.3) is 0 Å². The van der Waals surface area contributed by atoms with Crippen LogP contribution >= 0.6 is 0 Å². The summed E-state index contributed by atoms with van der Waals surface area (Å²) in [6.07, 6.45) is 7.41. The molecule has 0 heterocycles. The van der Waals surface area contributed by atoms with E-state index in [1.54, 1.807) is 0 Å². The second kappa shape index (κ2) is 9.03. The van der Waals surface area contributed by atoms with Crippen LogP contribution < -0.4 is 5.32 Å². The van der Waals surface area contributed by atoms with Crippen LogP contribution in [0.25, 0.3) is 0 Å². The molecule has 17 heavy (non-hydrogen) atoms. The molecule has 2 nitrogen and oxygen atoms in total. The van der Waals surface area contributed by atoms with E-state index < -0.39 is 0 Å². The predicted octanol–water partition coefficient (Wildman–Crippen LogP) is 3.84. The van der Waals surface area contributed by atoms with Crippen molar-refractivity contribution in [1.29, 1.82) is 0 Å². The minimum Gasteiger partial charge on any atom is -0.352 e. The van der Waals surface area contributed by atoms with E-state index in [-0.39, 0.29) is 11.8 Å². The van der Waals surface area contributed by atoms with Crippen molar-refractivity contribution in [2.75, 3.05) is 6.54 Å². The highest BCUT2D eigenvalue weighted by molar-refractivity contribution is 5.78. The molecule has 1 atom stereocenters. The van der Waals surface area contributed by atoms with E-state index in [0.717, 1.165) is 19.3 Å². The topological polar surface area (TPSA) is 29.1 Å². The molecule has 0 aliphatic heterocycles. The van der Waals surface area contributed by atoms with Gasteiger partial charge in [-0.3, -0.25) is 4.79 Å². The van der Waals surface area contributed by atoms with E-state index in [9.17, 15) is 4.79 Å². The quantitative estimate of drug-likeness (QED) is 0.670. The van der Waals surface area contributed by atoms with Gasteiger partial charge in [-0.2, -0.15) is 0 Å². The Kier molecular flexibility index (Phi) is 8.47. The highest BCUT2D eigenvalue weighted by Crippen LogP contribution is 2.06. The average molecular weight is 237 g/mol. The maximum Gasteiger partial charge on any atom is 0.223 e. The van der Waals surface area contributed by atoms with Gasteiger partial charge >= 0.3 is 0 Å². The molecule has 0 radical (unpaired) electrons. The van der Waals surface area contributed by atoms with Crippen LogP contribution in [-0.4, -0.2) is 12.5 Å². The van der Waals surface area contributed by atoms with Crippen LogP contribution in [-0.2, 0) is 4.79 Å². The Morgan fingerprint density at radius 2 is 1.88 bits per heavy atom. The van der Waals surface area contributed by atoms with Gasteiger partial charge in [-0.1, -0.05) is 37.1 Å². The molecule has 0 bridgehead atoms. The molecule has 98 valence electrons. The molecule has 0 aromatic heterocycles. The van der Waals surface area contributed by atoms with Crippen LogP contribution in [0.15, 0.2) is 23.3 Å². The fraction of sp³-hybridized carbons (Fsp3) is 0.667. The minimum absolute atomic E-state index is 0.120. The van der Waals surface area contributed by atoms with Gasteiger partial charge in [0.1, 0.15) is 0 Å². The van der Waals surface area contributed by atoms with Crippen molar-refractivity contribution in [2.24, 2.45) is 5.92 Å². The van der Waals surface area contributed by atoms with E-state index in [1.165, 1.54) is 11.1 Å². The summed E-state index contributed by atoms with van der Waals surface area (Å²) in [5.74, 6) is 0.273. The molecule has 1 unspecified atom stereocenters. The van der Waals surface area contributed by atoms with Crippen molar-refractivity contribution in [3.05, 3.63) is 23.3 Å². The van der Waals surface area contributed by atoms with Gasteiger partial charge in [0.05, 0.1) is 0 Å². The number of hydrogen-bond acceptors (Lipinski definition) is 1. The molecule has 0 aromatic rings. The van der Waals surface area contributed by atoms with Crippen LogP contribution in [0.1, 0.15) is 53.9 Å². The fourth-order valence-electron chi connectivity index (χ4n) is 1.38. The van der Waals surface area contributed by atoms with Crippen LogP contribution in [0.2, 0.25) is 0 Å². The molecular formula is C15H27NO. The first-order chi connectivity index (χ1) is 7.97. The van der Waals surface area contributed by atoms with Gasteiger partial charge in [-0.05, 0) is 40.0 Å². The zero-order valence-corrected chi connectivity index (χ0v) is 12.0. The highest BCUT2D eigenvalue weighted by atomic mass is 16.1. The van der Waals surface area contributed by atoms with Gasteiger partial charge in [0.15, 0.2) is 0 Å². The predicted molar refractivity (Wildman–Crippen MR) is 74.9 cm³/mol. The average Bonchev–Trinajstić information content (AvgIpc) is 2.27. The van der Waals surface area contributed by atoms with E-state index in [0.29, 0.717) is 6.54 Å². The van der Waals surface area contributed by atoms with Crippen molar-refractivity contribution in [2.45, 2.75) is 53.9 Å². The third-order valence-electron chi connectivity index (χ3n) is 2.88. The molecule has 0 rings (SSSR count). The summed E-state index contributed by atoms with van der Waals surface area (Å²) >= 11 is 0. The minimum atomic E-state index is 0.120. The number of carbonyl (C=O) groups is 1. The Morgan fingerprint density at radius 1 is 1.24 bits per heavy atom. The maximum atomic E-state index is 11.5. The second-order valence-corrected chi connectivity index (χ2v) is 4.93. The number of hydrogen-bond donors (Lipinski definition) is 1. The molecule has 0 spiro atoms. The monoisotopic (exact) mass is 237 g/mol. The lowest BCUT2D eigenvalue weighted by Crippen LogP contribution is -2.28. The Labute approximate surface area is 106 Å². The molecule has 2 heteroatoms. The first-order valence-corrected chi connectivity index (χ1v) is 6.54. The summed E-state index contributed by atoms with van der Waals surface area (Å²) in [6, 6.07) is 0. The fourth-order valence-corrected chi connectivity index (χ4v) is 1.38. The Balaban J connectivity index is 3.84. The zero-order chi connectivity index (χ0) is 13.3. The van der Waals surface area contributed by atoms with Crippen LogP contribution in [0.4, 0.5) is 0 Å². The third-order valence-corrected chi connectivity index (χ3v) is 2.88. The first kappa shape index (κ1) is 16.0. The van der Waals surface area contributed by atoms with Crippen LogP contribution in [0.3, 0.4) is 0 Å². The summed E-state index contributed by atoms with van der Waals surface area (Å²) in [6.45, 7) is 11.0. The van der Waals surface area contributed by atoms with Gasteiger partial charge in [-0.15, -0.1) is 0 Å². The zero-order valence-electron chi connectivity index (χ0n) is 12.0. The molecule has 0 saturated carbocycles. The highest BCUT2D eigenvalue weighted by Gasteiger charge is 2.07. The largest absolute Gasteiger partial charge is 0.352 e. The van der Waals surface area contributed by atoms with Gasteiger partial charge in [-0.25, -0.2) is 0 Å². The summed E-state index contributed by atoms with van der Waals surface area (Å²) in [5, 5.41) is 2.93. The van der Waals surface area contributed by atoms with Gasteiger partial charge < -0.3 is 5.32 Å². The smallest absolute Gasteiger partial charge is 0.223 e. The number of amides is 1. The van der Waals surface area contributed by atoms with Gasteiger partial charge in [0, 0.05) is 12.5 Å². The molecule has 0 aromatic carbocycles. The first-order valence-electron chi connectivity index (χ1n) is 6.54. The van der Waals surface area contributed by atoms with E-state index in [2.05, 4.69) is 38.2 Å². The molecule has 1 N–H and O–H groups in total. The SMILES string of the molecule is CCC(C)C(=O)NC/C=C(/C)CCC=C(C)C. The Morgan fingerprint density at radius 3 is 2.41 bits per heavy atom. The van der Waals surface area contributed by atoms with Crippen molar-refractivity contribution in [3.8, 4) is 0 Å². The number of rotatable bonds is 7. The van der Waals surface area contributed by atoms with Gasteiger partial charge in [0.2, 0.25) is 5.91 Å². The summed E-state index contributed by atoms with van der Waals surface area (Å²) in [4.78, 5) is 11.5. The lowest BCUT2D eigenvalue weighted by atomic mass is 10.1. The van der Waals surface area contributed by atoms with Crippen LogP contribution in [0.5, 0.6) is 0 Å². The normalized spacial score (nSPS) is 13.1. The Bertz CT molecular complexity index is 285. The second-order valence-electron chi connectivity index (χ2n) is 4.93. The molecule has 0 saturated heterocycles. The van der Waals surface area contributed by atoms with Crippen molar-refractivity contribution in [1.82, 2.24) is 5.32 Å². The Hall–Kier alpha value is -1.05. The standard InChI is InChI=1S/C15H27NO/c1-6-14(5)15(17)16-11-10-13(4)9-7-8-12(2)3/h8,10,14H,6-7,9,11H2,1-5H3,(H,16,17)/b13-10-. The third kappa shape index (κ3) is 8.73. The molecule has 1 amide bonds. The van der Waals surface area contributed by atoms with Crippen LogP contribution in [0, 0.1) is 5.92 Å².